The van der Waals surface area contributed by atoms with Crippen molar-refractivity contribution in [3.63, 3.8) is 0 Å². The molecule has 0 aliphatic carbocycles. The highest BCUT2D eigenvalue weighted by Crippen LogP contribution is 2.21. The number of hydrogen-bond donors (Lipinski definition) is 3. The quantitative estimate of drug-likeness (QED) is 0.475. The average molecular weight is 447 g/mol. The van der Waals surface area contributed by atoms with Gasteiger partial charge in [0.05, 0.1) is 25.3 Å². The van der Waals surface area contributed by atoms with Crippen molar-refractivity contribution in [2.45, 2.75) is 89.8 Å². The third-order valence-corrected chi connectivity index (χ3v) is 6.38. The number of pyridine rings is 1. The standard InChI is InChI=1S/C24H38N4O4/c1-17-15-32-16-18(2)28(17)24(31)27-21(23(29)30)11-7-5-3-4-6-10-20-13-12-19-9-8-14-25-22(19)26-20/h12-13,17-18,21H,3-11,14-16H2,1-2H3,(H,25,26)(H,27,31)(H,29,30)/t17-,18+,21-/m0/s1. The van der Waals surface area contributed by atoms with Crippen LogP contribution in [-0.4, -0.2) is 64.9 Å². The van der Waals surface area contributed by atoms with E-state index in [1.807, 2.05) is 13.8 Å². The Balaban J connectivity index is 1.32. The first-order valence-electron chi connectivity index (χ1n) is 12.1. The molecule has 0 unspecified atom stereocenters. The Kier molecular flexibility index (Phi) is 9.14. The maximum absolute atomic E-state index is 12.6. The number of urea groups is 1. The number of morpholine rings is 1. The first kappa shape index (κ1) is 24.3. The fourth-order valence-corrected chi connectivity index (χ4v) is 4.58. The smallest absolute Gasteiger partial charge is 0.326 e. The number of aliphatic carboxylic acids is 1. The molecule has 0 aromatic carbocycles. The molecule has 8 heteroatoms. The van der Waals surface area contributed by atoms with Crippen LogP contribution in [0.25, 0.3) is 0 Å². The van der Waals surface area contributed by atoms with Gasteiger partial charge in [-0.2, -0.15) is 0 Å². The van der Waals surface area contributed by atoms with Crippen LogP contribution in [0.2, 0.25) is 0 Å². The van der Waals surface area contributed by atoms with Gasteiger partial charge >= 0.3 is 12.0 Å². The van der Waals surface area contributed by atoms with E-state index < -0.39 is 12.0 Å². The van der Waals surface area contributed by atoms with Crippen LogP contribution in [0, 0.1) is 0 Å². The number of rotatable bonds is 10. The van der Waals surface area contributed by atoms with Crippen molar-refractivity contribution in [3.05, 3.63) is 23.4 Å². The van der Waals surface area contributed by atoms with Crippen molar-refractivity contribution >= 4 is 17.8 Å². The SMILES string of the molecule is C[C@@H]1COC[C@H](C)N1C(=O)N[C@@H](CCCCCCCc1ccc2c(n1)NCCC2)C(=O)O. The van der Waals surface area contributed by atoms with Crippen LogP contribution in [0.1, 0.15) is 70.1 Å². The second-order valence-corrected chi connectivity index (χ2v) is 9.13. The summed E-state index contributed by atoms with van der Waals surface area (Å²) in [6.07, 6.45) is 8.68. The molecule has 1 aromatic heterocycles. The summed E-state index contributed by atoms with van der Waals surface area (Å²) in [6.45, 7) is 5.80. The van der Waals surface area contributed by atoms with Gasteiger partial charge < -0.3 is 25.4 Å². The van der Waals surface area contributed by atoms with E-state index in [1.165, 1.54) is 12.0 Å². The number of aryl methyl sites for hydroxylation is 2. The first-order chi connectivity index (χ1) is 15.5. The zero-order valence-electron chi connectivity index (χ0n) is 19.4. The Hall–Kier alpha value is -2.35. The molecule has 0 radical (unpaired) electrons. The lowest BCUT2D eigenvalue weighted by Gasteiger charge is -2.39. The third-order valence-electron chi connectivity index (χ3n) is 6.38. The van der Waals surface area contributed by atoms with E-state index in [-0.39, 0.29) is 18.1 Å². The summed E-state index contributed by atoms with van der Waals surface area (Å²) in [5.74, 6) is 0.0791. The van der Waals surface area contributed by atoms with Gasteiger partial charge in [-0.1, -0.05) is 31.7 Å². The van der Waals surface area contributed by atoms with Crippen molar-refractivity contribution in [1.82, 2.24) is 15.2 Å². The molecule has 0 saturated carbocycles. The Morgan fingerprint density at radius 3 is 2.66 bits per heavy atom. The van der Waals surface area contributed by atoms with E-state index in [4.69, 9.17) is 9.72 Å². The van der Waals surface area contributed by atoms with Gasteiger partial charge in [0.15, 0.2) is 0 Å². The predicted octanol–water partition coefficient (Wildman–Crippen LogP) is 3.59. The zero-order chi connectivity index (χ0) is 22.9. The number of aromatic nitrogens is 1. The van der Waals surface area contributed by atoms with E-state index >= 15 is 0 Å². The van der Waals surface area contributed by atoms with E-state index in [2.05, 4.69) is 22.8 Å². The molecule has 2 amide bonds. The molecule has 0 spiro atoms. The van der Waals surface area contributed by atoms with Crippen molar-refractivity contribution in [1.29, 1.82) is 0 Å². The Bertz CT molecular complexity index is 762. The van der Waals surface area contributed by atoms with Gasteiger partial charge in [-0.15, -0.1) is 0 Å². The van der Waals surface area contributed by atoms with Crippen LogP contribution in [-0.2, 0) is 22.4 Å². The molecule has 3 atom stereocenters. The normalized spacial score (nSPS) is 21.4. The van der Waals surface area contributed by atoms with Gasteiger partial charge in [0.1, 0.15) is 11.9 Å². The second kappa shape index (κ2) is 12.0. The summed E-state index contributed by atoms with van der Waals surface area (Å²) in [5, 5.41) is 15.6. The lowest BCUT2D eigenvalue weighted by molar-refractivity contribution is -0.139. The van der Waals surface area contributed by atoms with Crippen LogP contribution in [0.3, 0.4) is 0 Å². The molecule has 1 fully saturated rings. The van der Waals surface area contributed by atoms with Crippen LogP contribution < -0.4 is 10.6 Å². The Morgan fingerprint density at radius 2 is 1.91 bits per heavy atom. The van der Waals surface area contributed by atoms with Crippen LogP contribution in [0.4, 0.5) is 10.6 Å². The number of unbranched alkanes of at least 4 members (excludes halogenated alkanes) is 4. The molecule has 1 saturated heterocycles. The first-order valence-corrected chi connectivity index (χ1v) is 12.1. The molecule has 1 aromatic rings. The third kappa shape index (κ3) is 6.82. The number of ether oxygens (including phenoxy) is 1. The molecule has 8 nitrogen and oxygen atoms in total. The minimum atomic E-state index is -0.973. The Labute approximate surface area is 191 Å². The second-order valence-electron chi connectivity index (χ2n) is 9.13. The molecule has 3 heterocycles. The molecule has 0 bridgehead atoms. The minimum absolute atomic E-state index is 0.0615. The van der Waals surface area contributed by atoms with Crippen molar-refractivity contribution in [3.8, 4) is 0 Å². The number of carbonyl (C=O) groups is 2. The number of carboxylic acid groups (broad SMARTS) is 1. The summed E-state index contributed by atoms with van der Waals surface area (Å²) in [4.78, 5) is 30.7. The van der Waals surface area contributed by atoms with E-state index in [0.29, 0.717) is 19.6 Å². The summed E-state index contributed by atoms with van der Waals surface area (Å²) >= 11 is 0. The summed E-state index contributed by atoms with van der Waals surface area (Å²) in [7, 11) is 0. The summed E-state index contributed by atoms with van der Waals surface area (Å²) in [5.41, 5.74) is 2.45. The van der Waals surface area contributed by atoms with Gasteiger partial charge in [-0.3, -0.25) is 0 Å². The number of nitrogens with zero attached hydrogens (tertiary/aromatic N) is 2. The number of carbonyl (C=O) groups excluding carboxylic acids is 1. The number of hydrogen-bond acceptors (Lipinski definition) is 5. The van der Waals surface area contributed by atoms with Crippen molar-refractivity contribution in [2.24, 2.45) is 0 Å². The number of anilines is 1. The van der Waals surface area contributed by atoms with Gasteiger partial charge in [0.25, 0.3) is 0 Å². The van der Waals surface area contributed by atoms with E-state index in [1.54, 1.807) is 4.90 Å². The zero-order valence-corrected chi connectivity index (χ0v) is 19.4. The number of amides is 2. The van der Waals surface area contributed by atoms with Gasteiger partial charge in [-0.05, 0) is 57.6 Å². The highest BCUT2D eigenvalue weighted by atomic mass is 16.5. The van der Waals surface area contributed by atoms with Crippen LogP contribution >= 0.6 is 0 Å². The highest BCUT2D eigenvalue weighted by Gasteiger charge is 2.32. The maximum atomic E-state index is 12.6. The van der Waals surface area contributed by atoms with Crippen LogP contribution in [0.5, 0.6) is 0 Å². The van der Waals surface area contributed by atoms with Gasteiger partial charge in [-0.25, -0.2) is 14.6 Å². The lowest BCUT2D eigenvalue weighted by Crippen LogP contribution is -2.58. The molecule has 2 aliphatic heterocycles. The average Bonchev–Trinajstić information content (AvgIpc) is 2.77. The minimum Gasteiger partial charge on any atom is -0.480 e. The summed E-state index contributed by atoms with van der Waals surface area (Å²) < 4.78 is 5.45. The van der Waals surface area contributed by atoms with E-state index in [0.717, 1.165) is 63.0 Å². The summed E-state index contributed by atoms with van der Waals surface area (Å²) in [6, 6.07) is 3.05. The lowest BCUT2D eigenvalue weighted by atomic mass is 10.0. The number of fused-ring (bicyclic) bond motifs is 1. The molecular weight excluding hydrogens is 408 g/mol. The fourth-order valence-electron chi connectivity index (χ4n) is 4.58. The molecule has 32 heavy (non-hydrogen) atoms. The molecular formula is C24H38N4O4. The molecule has 2 aliphatic rings. The molecule has 178 valence electrons. The number of carboxylic acids is 1. The molecule has 3 N–H and O–H groups in total. The van der Waals surface area contributed by atoms with Crippen molar-refractivity contribution in [2.75, 3.05) is 25.1 Å². The highest BCUT2D eigenvalue weighted by molar-refractivity contribution is 5.82. The van der Waals surface area contributed by atoms with Crippen molar-refractivity contribution < 1.29 is 19.4 Å². The monoisotopic (exact) mass is 446 g/mol. The van der Waals surface area contributed by atoms with E-state index in [9.17, 15) is 14.7 Å². The Morgan fingerprint density at radius 1 is 1.19 bits per heavy atom. The van der Waals surface area contributed by atoms with Gasteiger partial charge in [0.2, 0.25) is 0 Å². The predicted molar refractivity (Wildman–Crippen MR) is 124 cm³/mol. The van der Waals surface area contributed by atoms with Crippen LogP contribution in [0.15, 0.2) is 12.1 Å². The topological polar surface area (TPSA) is 104 Å². The fraction of sp³-hybridized carbons (Fsp3) is 0.708. The number of nitrogens with one attached hydrogen (secondary N) is 2. The maximum Gasteiger partial charge on any atom is 0.326 e. The largest absolute Gasteiger partial charge is 0.480 e. The van der Waals surface area contributed by atoms with Gasteiger partial charge in [0, 0.05) is 12.2 Å². The molecule has 3 rings (SSSR count).